The minimum Gasteiger partial charge on any atom is -0.412 e. The van der Waals surface area contributed by atoms with E-state index in [0.717, 1.165) is 12.0 Å². The van der Waals surface area contributed by atoms with Crippen molar-refractivity contribution >= 4 is 18.1 Å². The zero-order chi connectivity index (χ0) is 13.2. The van der Waals surface area contributed by atoms with Gasteiger partial charge in [-0.3, -0.25) is 4.79 Å². The first-order valence-electron chi connectivity index (χ1n) is 6.13. The molecule has 2 aromatic rings. The molecule has 0 spiro atoms. The van der Waals surface area contributed by atoms with Crippen LogP contribution in [-0.2, 0) is 11.3 Å². The summed E-state index contributed by atoms with van der Waals surface area (Å²) in [6.45, 7) is 0.569. The Morgan fingerprint density at radius 3 is 2.89 bits per heavy atom. The van der Waals surface area contributed by atoms with Crippen LogP contribution in [0.4, 0.5) is 0 Å². The summed E-state index contributed by atoms with van der Waals surface area (Å²) in [5, 5.41) is 6.64. The highest BCUT2D eigenvalue weighted by Gasteiger charge is 2.35. The molecule has 0 unspecified atom stereocenters. The summed E-state index contributed by atoms with van der Waals surface area (Å²) in [6, 6.07) is 9.77. The highest BCUT2D eigenvalue weighted by Crippen LogP contribution is 2.32. The van der Waals surface area contributed by atoms with Crippen molar-refractivity contribution in [1.29, 1.82) is 0 Å². The van der Waals surface area contributed by atoms with Crippen LogP contribution in [0.25, 0.3) is 0 Å². The molecule has 1 aromatic carbocycles. The molecule has 1 amide bonds. The number of carbonyl (C=O) groups excluding carboxylic acids is 1. The number of nitrogens with zero attached hydrogens (tertiary/aromatic N) is 2. The Kier molecular flexibility index (Phi) is 3.16. The van der Waals surface area contributed by atoms with Gasteiger partial charge in [-0.2, -0.15) is 0 Å². The van der Waals surface area contributed by atoms with Crippen molar-refractivity contribution in [2.75, 3.05) is 0 Å². The molecule has 1 aromatic heterocycles. The van der Waals surface area contributed by atoms with Crippen molar-refractivity contribution in [3.8, 4) is 0 Å². The first-order valence-corrected chi connectivity index (χ1v) is 6.53. The first-order chi connectivity index (χ1) is 9.24. The van der Waals surface area contributed by atoms with Crippen LogP contribution in [0.3, 0.4) is 0 Å². The molecule has 0 aliphatic carbocycles. The average Bonchev–Trinajstić information content (AvgIpc) is 2.99. The van der Waals surface area contributed by atoms with Gasteiger partial charge in [-0.05, 0) is 24.2 Å². The van der Waals surface area contributed by atoms with Crippen molar-refractivity contribution in [2.24, 2.45) is 0 Å². The number of aromatic nitrogens is 2. The molecule has 3 rings (SSSR count). The largest absolute Gasteiger partial charge is 0.412 e. The third-order valence-electron chi connectivity index (χ3n) is 3.26. The first kappa shape index (κ1) is 12.1. The fourth-order valence-corrected chi connectivity index (χ4v) is 2.48. The van der Waals surface area contributed by atoms with E-state index in [1.54, 1.807) is 4.90 Å². The van der Waals surface area contributed by atoms with E-state index in [4.69, 9.17) is 16.6 Å². The van der Waals surface area contributed by atoms with Gasteiger partial charge >= 0.3 is 0 Å². The smallest absolute Gasteiger partial charge is 0.284 e. The SMILES string of the molecule is O=C1CC[C@H](c2n[nH]c(=S)o2)N1Cc1ccccc1. The van der Waals surface area contributed by atoms with Crippen molar-refractivity contribution in [1.82, 2.24) is 15.1 Å². The fraction of sp³-hybridized carbons (Fsp3) is 0.308. The van der Waals surface area contributed by atoms with Gasteiger partial charge < -0.3 is 9.32 Å². The fourth-order valence-electron chi connectivity index (χ4n) is 2.35. The second-order valence-corrected chi connectivity index (χ2v) is 4.88. The quantitative estimate of drug-likeness (QED) is 0.875. The third-order valence-corrected chi connectivity index (χ3v) is 3.44. The van der Waals surface area contributed by atoms with E-state index in [-0.39, 0.29) is 16.8 Å². The van der Waals surface area contributed by atoms with Gasteiger partial charge in [0.25, 0.3) is 4.84 Å². The number of hydrogen-bond donors (Lipinski definition) is 1. The topological polar surface area (TPSA) is 62.1 Å². The maximum Gasteiger partial charge on any atom is 0.284 e. The Bertz CT molecular complexity index is 635. The van der Waals surface area contributed by atoms with E-state index in [2.05, 4.69) is 10.2 Å². The Labute approximate surface area is 115 Å². The summed E-state index contributed by atoms with van der Waals surface area (Å²) in [7, 11) is 0. The number of hydrogen-bond acceptors (Lipinski definition) is 4. The van der Waals surface area contributed by atoms with E-state index in [9.17, 15) is 4.79 Å². The van der Waals surface area contributed by atoms with Crippen molar-refractivity contribution in [3.05, 3.63) is 46.6 Å². The lowest BCUT2D eigenvalue weighted by Gasteiger charge is -2.22. The van der Waals surface area contributed by atoms with Crippen molar-refractivity contribution in [3.63, 3.8) is 0 Å². The highest BCUT2D eigenvalue weighted by molar-refractivity contribution is 7.71. The number of H-pyrrole nitrogens is 1. The number of carbonyl (C=O) groups is 1. The van der Waals surface area contributed by atoms with Crippen LogP contribution in [0.2, 0.25) is 0 Å². The monoisotopic (exact) mass is 275 g/mol. The normalized spacial score (nSPS) is 19.1. The summed E-state index contributed by atoms with van der Waals surface area (Å²) < 4.78 is 5.34. The Balaban J connectivity index is 1.85. The molecule has 6 heteroatoms. The molecule has 0 bridgehead atoms. The summed E-state index contributed by atoms with van der Waals surface area (Å²) in [6.07, 6.45) is 1.24. The molecule has 1 N–H and O–H groups in total. The lowest BCUT2D eigenvalue weighted by molar-refractivity contribution is -0.129. The van der Waals surface area contributed by atoms with E-state index in [1.807, 2.05) is 30.3 Å². The summed E-state index contributed by atoms with van der Waals surface area (Å²) in [4.78, 5) is 14.0. The van der Waals surface area contributed by atoms with Crippen LogP contribution in [-0.4, -0.2) is 21.0 Å². The lowest BCUT2D eigenvalue weighted by Crippen LogP contribution is -2.27. The molecule has 1 aliphatic heterocycles. The molecule has 0 radical (unpaired) electrons. The van der Waals surface area contributed by atoms with Gasteiger partial charge in [-0.15, -0.1) is 5.10 Å². The van der Waals surface area contributed by atoms with Crippen LogP contribution in [0.1, 0.15) is 30.3 Å². The van der Waals surface area contributed by atoms with E-state index in [0.29, 0.717) is 18.9 Å². The number of rotatable bonds is 3. The lowest BCUT2D eigenvalue weighted by atomic mass is 10.2. The molecule has 98 valence electrons. The van der Waals surface area contributed by atoms with Gasteiger partial charge in [0.15, 0.2) is 0 Å². The van der Waals surface area contributed by atoms with Gasteiger partial charge in [0.05, 0.1) is 0 Å². The van der Waals surface area contributed by atoms with Crippen molar-refractivity contribution < 1.29 is 9.21 Å². The summed E-state index contributed by atoms with van der Waals surface area (Å²) in [5.74, 6) is 0.616. The molecule has 1 atom stereocenters. The maximum atomic E-state index is 12.0. The van der Waals surface area contributed by atoms with Gasteiger partial charge in [0, 0.05) is 13.0 Å². The summed E-state index contributed by atoms with van der Waals surface area (Å²) >= 11 is 4.88. The average molecular weight is 275 g/mol. The molecule has 19 heavy (non-hydrogen) atoms. The zero-order valence-corrected chi connectivity index (χ0v) is 11.0. The summed E-state index contributed by atoms with van der Waals surface area (Å²) in [5.41, 5.74) is 1.09. The number of aromatic amines is 1. The van der Waals surface area contributed by atoms with Gasteiger partial charge in [0.2, 0.25) is 11.8 Å². The van der Waals surface area contributed by atoms with Crippen LogP contribution in [0.5, 0.6) is 0 Å². The second kappa shape index (κ2) is 4.97. The molecular weight excluding hydrogens is 262 g/mol. The molecule has 1 aliphatic rings. The molecule has 0 saturated carbocycles. The Morgan fingerprint density at radius 2 is 2.21 bits per heavy atom. The van der Waals surface area contributed by atoms with E-state index in [1.165, 1.54) is 0 Å². The standard InChI is InChI=1S/C13H13N3O2S/c17-11-7-6-10(12-14-15-13(19)18-12)16(11)8-9-4-2-1-3-5-9/h1-5,10H,6-8H2,(H,15,19)/t10-/m1/s1. The molecule has 2 heterocycles. The number of benzene rings is 1. The molecule has 1 fully saturated rings. The van der Waals surface area contributed by atoms with Crippen LogP contribution >= 0.6 is 12.2 Å². The van der Waals surface area contributed by atoms with Gasteiger partial charge in [-0.25, -0.2) is 5.10 Å². The highest BCUT2D eigenvalue weighted by atomic mass is 32.1. The van der Waals surface area contributed by atoms with Gasteiger partial charge in [-0.1, -0.05) is 30.3 Å². The minimum atomic E-state index is -0.124. The zero-order valence-electron chi connectivity index (χ0n) is 10.2. The van der Waals surface area contributed by atoms with Gasteiger partial charge in [0.1, 0.15) is 6.04 Å². The van der Waals surface area contributed by atoms with Crippen LogP contribution < -0.4 is 0 Å². The Hall–Kier alpha value is -1.95. The van der Waals surface area contributed by atoms with Crippen LogP contribution in [0, 0.1) is 4.84 Å². The predicted molar refractivity (Wildman–Crippen MR) is 70.7 cm³/mol. The number of likely N-dealkylation sites (tertiary alicyclic amines) is 1. The molecular formula is C13H13N3O2S. The predicted octanol–water partition coefficient (Wildman–Crippen LogP) is 2.60. The van der Waals surface area contributed by atoms with Crippen LogP contribution in [0.15, 0.2) is 34.7 Å². The molecule has 5 nitrogen and oxygen atoms in total. The van der Waals surface area contributed by atoms with E-state index < -0.39 is 0 Å². The maximum absolute atomic E-state index is 12.0. The Morgan fingerprint density at radius 1 is 1.42 bits per heavy atom. The third kappa shape index (κ3) is 2.44. The number of amides is 1. The van der Waals surface area contributed by atoms with E-state index >= 15 is 0 Å². The minimum absolute atomic E-state index is 0.123. The molecule has 1 saturated heterocycles. The number of nitrogens with one attached hydrogen (secondary N) is 1. The van der Waals surface area contributed by atoms with Crippen molar-refractivity contribution in [2.45, 2.75) is 25.4 Å². The second-order valence-electron chi connectivity index (χ2n) is 4.51.